The average Bonchev–Trinajstić information content (AvgIpc) is 2.89. The van der Waals surface area contributed by atoms with Gasteiger partial charge in [-0.3, -0.25) is 9.48 Å². The van der Waals surface area contributed by atoms with Gasteiger partial charge in [0.25, 0.3) is 5.56 Å². The second-order valence-corrected chi connectivity index (χ2v) is 4.52. The highest BCUT2D eigenvalue weighted by atomic mass is 35.5. The van der Waals surface area contributed by atoms with Crippen LogP contribution in [-0.4, -0.2) is 32.3 Å². The zero-order valence-electron chi connectivity index (χ0n) is 10.6. The lowest BCUT2D eigenvalue weighted by Gasteiger charge is -2.11. The van der Waals surface area contributed by atoms with Gasteiger partial charge in [0, 0.05) is 18.9 Å². The molecule has 2 aromatic heterocycles. The second-order valence-electron chi connectivity index (χ2n) is 4.15. The van der Waals surface area contributed by atoms with Gasteiger partial charge in [0.05, 0.1) is 18.4 Å². The van der Waals surface area contributed by atoms with E-state index in [2.05, 4.69) is 15.5 Å². The van der Waals surface area contributed by atoms with Crippen molar-refractivity contribution in [1.82, 2.24) is 19.6 Å². The van der Waals surface area contributed by atoms with Crippen LogP contribution < -0.4 is 10.9 Å². The van der Waals surface area contributed by atoms with Gasteiger partial charge in [-0.1, -0.05) is 11.6 Å². The largest absolute Gasteiger partial charge is 0.408 e. The number of anilines is 1. The predicted octanol–water partition coefficient (Wildman–Crippen LogP) is 1.77. The Morgan fingerprint density at radius 1 is 1.33 bits per heavy atom. The molecule has 0 aromatic carbocycles. The Morgan fingerprint density at radius 3 is 2.71 bits per heavy atom. The van der Waals surface area contributed by atoms with Crippen molar-refractivity contribution in [2.24, 2.45) is 0 Å². The third-order valence-corrected chi connectivity index (χ3v) is 2.89. The summed E-state index contributed by atoms with van der Waals surface area (Å²) in [6.45, 7) is -0.570. The normalized spacial score (nSPS) is 11.6. The van der Waals surface area contributed by atoms with E-state index in [1.54, 1.807) is 23.1 Å². The van der Waals surface area contributed by atoms with Gasteiger partial charge in [-0.25, -0.2) is 4.68 Å². The Kier molecular flexibility index (Phi) is 4.51. The van der Waals surface area contributed by atoms with Crippen molar-refractivity contribution in [2.75, 3.05) is 11.9 Å². The van der Waals surface area contributed by atoms with Gasteiger partial charge in [0.2, 0.25) is 0 Å². The third kappa shape index (κ3) is 4.22. The van der Waals surface area contributed by atoms with Crippen LogP contribution in [0.15, 0.2) is 29.5 Å². The zero-order chi connectivity index (χ0) is 15.5. The molecule has 10 heteroatoms. The molecule has 0 unspecified atom stereocenters. The van der Waals surface area contributed by atoms with E-state index in [1.807, 2.05) is 0 Å². The Balaban J connectivity index is 2.04. The van der Waals surface area contributed by atoms with Crippen LogP contribution in [0.1, 0.15) is 0 Å². The molecule has 114 valence electrons. The highest BCUT2D eigenvalue weighted by Gasteiger charge is 2.29. The maximum absolute atomic E-state index is 12.2. The molecule has 0 bridgehead atoms. The number of rotatable bonds is 5. The quantitative estimate of drug-likeness (QED) is 0.911. The molecule has 6 nitrogen and oxygen atoms in total. The molecule has 21 heavy (non-hydrogen) atoms. The summed E-state index contributed by atoms with van der Waals surface area (Å²) >= 11 is 5.76. The minimum Gasteiger partial charge on any atom is -0.381 e. The molecule has 0 saturated carbocycles. The third-order valence-electron chi connectivity index (χ3n) is 2.53. The number of aromatic nitrogens is 4. The Labute approximate surface area is 122 Å². The van der Waals surface area contributed by atoms with Crippen molar-refractivity contribution < 1.29 is 13.2 Å². The monoisotopic (exact) mass is 321 g/mol. The molecule has 0 aliphatic heterocycles. The van der Waals surface area contributed by atoms with E-state index in [0.717, 1.165) is 6.20 Å². The molecular formula is C11H11ClF3N5O. The summed E-state index contributed by atoms with van der Waals surface area (Å²) in [6, 6.07) is 1.76. The van der Waals surface area contributed by atoms with Crippen molar-refractivity contribution in [3.63, 3.8) is 0 Å². The fourth-order valence-electron chi connectivity index (χ4n) is 1.61. The summed E-state index contributed by atoms with van der Waals surface area (Å²) in [6.07, 6.45) is -0.0660. The van der Waals surface area contributed by atoms with Crippen LogP contribution in [0.5, 0.6) is 0 Å². The van der Waals surface area contributed by atoms with Crippen molar-refractivity contribution in [3.05, 3.63) is 40.0 Å². The zero-order valence-corrected chi connectivity index (χ0v) is 11.4. The minimum atomic E-state index is -4.53. The van der Waals surface area contributed by atoms with Crippen molar-refractivity contribution in [1.29, 1.82) is 0 Å². The van der Waals surface area contributed by atoms with Crippen LogP contribution in [-0.2, 0) is 13.1 Å². The van der Waals surface area contributed by atoms with Gasteiger partial charge in [0.1, 0.15) is 11.6 Å². The molecule has 2 aromatic rings. The Morgan fingerprint density at radius 2 is 2.10 bits per heavy atom. The van der Waals surface area contributed by atoms with Gasteiger partial charge in [0.15, 0.2) is 0 Å². The molecule has 1 N–H and O–H groups in total. The van der Waals surface area contributed by atoms with Crippen molar-refractivity contribution in [3.8, 4) is 0 Å². The standard InChI is InChI=1S/C11H11ClF3N5O/c12-9-8(16-3-5-19-4-1-2-17-19)6-18-20(10(9)21)7-11(13,14)15/h1-2,4,6,16H,3,5,7H2. The lowest BCUT2D eigenvalue weighted by Crippen LogP contribution is -2.31. The van der Waals surface area contributed by atoms with Gasteiger partial charge < -0.3 is 5.32 Å². The first-order valence-corrected chi connectivity index (χ1v) is 6.28. The summed E-state index contributed by atoms with van der Waals surface area (Å²) in [4.78, 5) is 11.7. The van der Waals surface area contributed by atoms with E-state index in [9.17, 15) is 18.0 Å². The molecule has 2 rings (SSSR count). The van der Waals surface area contributed by atoms with Crippen molar-refractivity contribution in [2.45, 2.75) is 19.3 Å². The first-order chi connectivity index (χ1) is 9.87. The van der Waals surface area contributed by atoms with Crippen LogP contribution in [0.4, 0.5) is 18.9 Å². The maximum Gasteiger partial charge on any atom is 0.408 e. The number of alkyl halides is 3. The van der Waals surface area contributed by atoms with Gasteiger partial charge in [-0.2, -0.15) is 23.4 Å². The fourth-order valence-corrected chi connectivity index (χ4v) is 1.82. The molecule has 0 atom stereocenters. The number of hydrogen-bond acceptors (Lipinski definition) is 4. The number of hydrogen-bond donors (Lipinski definition) is 1. The smallest absolute Gasteiger partial charge is 0.381 e. The molecule has 2 heterocycles. The molecule has 0 spiro atoms. The van der Waals surface area contributed by atoms with Gasteiger partial charge >= 0.3 is 6.18 Å². The first kappa shape index (κ1) is 15.4. The van der Waals surface area contributed by atoms with Crippen LogP contribution in [0.3, 0.4) is 0 Å². The van der Waals surface area contributed by atoms with Gasteiger partial charge in [-0.15, -0.1) is 0 Å². The number of nitrogens with zero attached hydrogens (tertiary/aromatic N) is 4. The lowest BCUT2D eigenvalue weighted by atomic mass is 10.4. The molecule has 0 radical (unpaired) electrons. The molecule has 0 fully saturated rings. The number of halogens is 4. The summed E-state index contributed by atoms with van der Waals surface area (Å²) in [5, 5.41) is 9.94. The van der Waals surface area contributed by atoms with Crippen LogP contribution in [0, 0.1) is 0 Å². The summed E-state index contributed by atoms with van der Waals surface area (Å²) in [7, 11) is 0. The van der Waals surface area contributed by atoms with Gasteiger partial charge in [-0.05, 0) is 6.07 Å². The van der Waals surface area contributed by atoms with E-state index in [1.165, 1.54) is 0 Å². The van der Waals surface area contributed by atoms with E-state index in [4.69, 9.17) is 11.6 Å². The first-order valence-electron chi connectivity index (χ1n) is 5.90. The summed E-state index contributed by atoms with van der Waals surface area (Å²) < 4.78 is 38.7. The second kappa shape index (κ2) is 6.17. The molecule has 0 saturated heterocycles. The fraction of sp³-hybridized carbons (Fsp3) is 0.364. The Hall–Kier alpha value is -2.03. The van der Waals surface area contributed by atoms with E-state index in [0.29, 0.717) is 13.1 Å². The Bertz CT molecular complexity index is 653. The predicted molar refractivity (Wildman–Crippen MR) is 70.3 cm³/mol. The highest BCUT2D eigenvalue weighted by molar-refractivity contribution is 6.32. The van der Waals surface area contributed by atoms with E-state index >= 15 is 0 Å². The van der Waals surface area contributed by atoms with E-state index < -0.39 is 18.3 Å². The van der Waals surface area contributed by atoms with Crippen LogP contribution in [0.2, 0.25) is 5.02 Å². The summed E-state index contributed by atoms with van der Waals surface area (Å²) in [5.74, 6) is 0. The average molecular weight is 322 g/mol. The van der Waals surface area contributed by atoms with Crippen LogP contribution >= 0.6 is 11.6 Å². The molecular weight excluding hydrogens is 311 g/mol. The van der Waals surface area contributed by atoms with E-state index in [-0.39, 0.29) is 15.4 Å². The lowest BCUT2D eigenvalue weighted by molar-refractivity contribution is -0.143. The SMILES string of the molecule is O=c1c(Cl)c(NCCn2cccn2)cnn1CC(F)(F)F. The topological polar surface area (TPSA) is 64.7 Å². The maximum atomic E-state index is 12.2. The van der Waals surface area contributed by atoms with Crippen LogP contribution in [0.25, 0.3) is 0 Å². The molecule has 0 amide bonds. The minimum absolute atomic E-state index is 0.187. The highest BCUT2D eigenvalue weighted by Crippen LogP contribution is 2.18. The molecule has 0 aliphatic rings. The molecule has 0 aliphatic carbocycles. The summed E-state index contributed by atoms with van der Waals surface area (Å²) in [5.41, 5.74) is -0.801. The number of nitrogens with one attached hydrogen (secondary N) is 1. The van der Waals surface area contributed by atoms with Crippen molar-refractivity contribution >= 4 is 17.3 Å².